The molecule has 2 N–H and O–H groups in total. The Morgan fingerprint density at radius 2 is 2.27 bits per heavy atom. The standard InChI is InChI=1S/C11H15BrFNO/c1-2-5-14-7-11(15)9-6-8(12)3-4-10(9)13/h3-4,6,11,14-15H,2,5,7H2,1H3. The van der Waals surface area contributed by atoms with Gasteiger partial charge in [-0.3, -0.25) is 0 Å². The van der Waals surface area contributed by atoms with Crippen molar-refractivity contribution < 1.29 is 9.50 Å². The average molecular weight is 276 g/mol. The van der Waals surface area contributed by atoms with Crippen LogP contribution in [-0.4, -0.2) is 18.2 Å². The second-order valence-corrected chi connectivity index (χ2v) is 4.30. The van der Waals surface area contributed by atoms with Gasteiger partial charge in [-0.05, 0) is 31.2 Å². The molecule has 0 saturated heterocycles. The van der Waals surface area contributed by atoms with Gasteiger partial charge in [0.15, 0.2) is 0 Å². The van der Waals surface area contributed by atoms with Crippen molar-refractivity contribution in [2.45, 2.75) is 19.4 Å². The first kappa shape index (κ1) is 12.6. The minimum Gasteiger partial charge on any atom is -0.387 e. The van der Waals surface area contributed by atoms with Crippen LogP contribution in [0.15, 0.2) is 22.7 Å². The van der Waals surface area contributed by atoms with E-state index in [1.165, 1.54) is 6.07 Å². The first-order valence-corrected chi connectivity index (χ1v) is 5.78. The summed E-state index contributed by atoms with van der Waals surface area (Å²) in [6.45, 7) is 3.24. The number of aliphatic hydroxyl groups excluding tert-OH is 1. The molecule has 0 bridgehead atoms. The molecule has 4 heteroatoms. The van der Waals surface area contributed by atoms with Gasteiger partial charge >= 0.3 is 0 Å². The summed E-state index contributed by atoms with van der Waals surface area (Å²) in [5, 5.41) is 12.8. The fourth-order valence-electron chi connectivity index (χ4n) is 1.30. The zero-order valence-electron chi connectivity index (χ0n) is 8.63. The van der Waals surface area contributed by atoms with Crippen molar-refractivity contribution in [2.24, 2.45) is 0 Å². The molecule has 0 spiro atoms. The monoisotopic (exact) mass is 275 g/mol. The van der Waals surface area contributed by atoms with Crippen molar-refractivity contribution >= 4 is 15.9 Å². The number of rotatable bonds is 5. The molecule has 0 aliphatic carbocycles. The van der Waals surface area contributed by atoms with Crippen LogP contribution in [0.4, 0.5) is 4.39 Å². The summed E-state index contributed by atoms with van der Waals surface area (Å²) in [6.07, 6.45) is 0.197. The molecule has 1 aromatic carbocycles. The highest BCUT2D eigenvalue weighted by Gasteiger charge is 2.12. The van der Waals surface area contributed by atoms with Gasteiger partial charge in [0.2, 0.25) is 0 Å². The van der Waals surface area contributed by atoms with E-state index in [2.05, 4.69) is 21.2 Å². The molecule has 0 aromatic heterocycles. The molecule has 84 valence electrons. The second kappa shape index (κ2) is 6.20. The van der Waals surface area contributed by atoms with E-state index in [1.807, 2.05) is 6.92 Å². The van der Waals surface area contributed by atoms with Crippen molar-refractivity contribution in [2.75, 3.05) is 13.1 Å². The molecule has 15 heavy (non-hydrogen) atoms. The Balaban J connectivity index is 2.64. The van der Waals surface area contributed by atoms with Crippen LogP contribution >= 0.6 is 15.9 Å². The fourth-order valence-corrected chi connectivity index (χ4v) is 1.67. The molecular formula is C11H15BrFNO. The van der Waals surface area contributed by atoms with Crippen molar-refractivity contribution in [1.29, 1.82) is 0 Å². The summed E-state index contributed by atoms with van der Waals surface area (Å²) in [4.78, 5) is 0. The molecule has 0 aliphatic heterocycles. The van der Waals surface area contributed by atoms with Gasteiger partial charge in [-0.25, -0.2) is 4.39 Å². The molecule has 1 aromatic rings. The Kier molecular flexibility index (Phi) is 5.22. The fraction of sp³-hybridized carbons (Fsp3) is 0.455. The molecule has 2 nitrogen and oxygen atoms in total. The van der Waals surface area contributed by atoms with Crippen LogP contribution in [0, 0.1) is 5.82 Å². The topological polar surface area (TPSA) is 32.3 Å². The molecule has 0 radical (unpaired) electrons. The van der Waals surface area contributed by atoms with Gasteiger partial charge in [-0.15, -0.1) is 0 Å². The lowest BCUT2D eigenvalue weighted by molar-refractivity contribution is 0.170. The molecule has 0 heterocycles. The van der Waals surface area contributed by atoms with Crippen LogP contribution in [-0.2, 0) is 0 Å². The van der Waals surface area contributed by atoms with Gasteiger partial charge in [0.25, 0.3) is 0 Å². The third-order valence-electron chi connectivity index (χ3n) is 2.08. The maximum atomic E-state index is 13.3. The van der Waals surface area contributed by atoms with E-state index >= 15 is 0 Å². The number of aliphatic hydroxyl groups is 1. The van der Waals surface area contributed by atoms with Gasteiger partial charge in [-0.2, -0.15) is 0 Å². The van der Waals surface area contributed by atoms with E-state index in [4.69, 9.17) is 0 Å². The third-order valence-corrected chi connectivity index (χ3v) is 2.57. The maximum Gasteiger partial charge on any atom is 0.129 e. The van der Waals surface area contributed by atoms with Crippen LogP contribution in [0.3, 0.4) is 0 Å². The highest BCUT2D eigenvalue weighted by Crippen LogP contribution is 2.21. The smallest absolute Gasteiger partial charge is 0.129 e. The first-order valence-electron chi connectivity index (χ1n) is 4.99. The van der Waals surface area contributed by atoms with E-state index in [0.717, 1.165) is 17.4 Å². The van der Waals surface area contributed by atoms with Gasteiger partial charge in [0.1, 0.15) is 5.82 Å². The van der Waals surface area contributed by atoms with Crippen molar-refractivity contribution in [1.82, 2.24) is 5.32 Å². The van der Waals surface area contributed by atoms with Gasteiger partial charge in [-0.1, -0.05) is 22.9 Å². The zero-order valence-corrected chi connectivity index (χ0v) is 10.2. The predicted molar refractivity (Wildman–Crippen MR) is 62.2 cm³/mol. The molecule has 0 fully saturated rings. The number of hydrogen-bond acceptors (Lipinski definition) is 2. The maximum absolute atomic E-state index is 13.3. The zero-order chi connectivity index (χ0) is 11.3. The van der Waals surface area contributed by atoms with E-state index in [1.54, 1.807) is 12.1 Å². The van der Waals surface area contributed by atoms with Crippen LogP contribution in [0.2, 0.25) is 0 Å². The Morgan fingerprint density at radius 1 is 1.53 bits per heavy atom. The SMILES string of the molecule is CCCNCC(O)c1cc(Br)ccc1F. The molecule has 0 saturated carbocycles. The van der Waals surface area contributed by atoms with E-state index in [0.29, 0.717) is 12.1 Å². The number of nitrogens with one attached hydrogen (secondary N) is 1. The Bertz CT molecular complexity index is 319. The van der Waals surface area contributed by atoms with Crippen LogP contribution in [0.1, 0.15) is 25.0 Å². The van der Waals surface area contributed by atoms with Crippen molar-refractivity contribution in [3.8, 4) is 0 Å². The molecule has 1 rings (SSSR count). The minimum atomic E-state index is -0.797. The van der Waals surface area contributed by atoms with E-state index in [-0.39, 0.29) is 5.82 Å². The summed E-state index contributed by atoms with van der Waals surface area (Å²) in [7, 11) is 0. The van der Waals surface area contributed by atoms with Gasteiger partial charge < -0.3 is 10.4 Å². The molecule has 0 amide bonds. The first-order chi connectivity index (χ1) is 7.15. The van der Waals surface area contributed by atoms with Crippen LogP contribution in [0.25, 0.3) is 0 Å². The predicted octanol–water partition coefficient (Wildman–Crippen LogP) is 2.62. The quantitative estimate of drug-likeness (QED) is 0.810. The third kappa shape index (κ3) is 3.89. The molecular weight excluding hydrogens is 261 g/mol. The Hall–Kier alpha value is -0.450. The highest BCUT2D eigenvalue weighted by molar-refractivity contribution is 9.10. The normalized spacial score (nSPS) is 12.8. The Labute approximate surface area is 97.6 Å². The van der Waals surface area contributed by atoms with Crippen LogP contribution < -0.4 is 5.32 Å². The largest absolute Gasteiger partial charge is 0.387 e. The lowest BCUT2D eigenvalue weighted by Crippen LogP contribution is -2.22. The summed E-state index contributed by atoms with van der Waals surface area (Å²) < 4.78 is 14.1. The van der Waals surface area contributed by atoms with Crippen molar-refractivity contribution in [3.63, 3.8) is 0 Å². The van der Waals surface area contributed by atoms with Gasteiger partial charge in [0, 0.05) is 16.6 Å². The minimum absolute atomic E-state index is 0.327. The molecule has 0 aliphatic rings. The summed E-state index contributed by atoms with van der Waals surface area (Å²) >= 11 is 3.25. The van der Waals surface area contributed by atoms with Gasteiger partial charge in [0.05, 0.1) is 6.10 Å². The summed E-state index contributed by atoms with van der Waals surface area (Å²) in [5.74, 6) is -0.371. The number of hydrogen-bond donors (Lipinski definition) is 2. The lowest BCUT2D eigenvalue weighted by Gasteiger charge is -2.12. The van der Waals surface area contributed by atoms with E-state index in [9.17, 15) is 9.50 Å². The number of benzene rings is 1. The van der Waals surface area contributed by atoms with Crippen LogP contribution in [0.5, 0.6) is 0 Å². The van der Waals surface area contributed by atoms with Crippen molar-refractivity contribution in [3.05, 3.63) is 34.1 Å². The molecule has 1 unspecified atom stereocenters. The molecule has 1 atom stereocenters. The average Bonchev–Trinajstić information content (AvgIpc) is 2.22. The lowest BCUT2D eigenvalue weighted by atomic mass is 10.1. The summed E-state index contributed by atoms with van der Waals surface area (Å²) in [6, 6.07) is 4.57. The van der Waals surface area contributed by atoms with E-state index < -0.39 is 6.10 Å². The second-order valence-electron chi connectivity index (χ2n) is 3.39. The Morgan fingerprint density at radius 3 is 2.93 bits per heavy atom. The number of halogens is 2. The highest BCUT2D eigenvalue weighted by atomic mass is 79.9. The summed E-state index contributed by atoms with van der Waals surface area (Å²) in [5.41, 5.74) is 0.327.